The first-order valence-corrected chi connectivity index (χ1v) is 6.79. The third-order valence-electron chi connectivity index (χ3n) is 3.59. The fourth-order valence-electron chi connectivity index (χ4n) is 2.59. The highest BCUT2D eigenvalue weighted by molar-refractivity contribution is 5.83. The first kappa shape index (κ1) is 13.1. The van der Waals surface area contributed by atoms with Gasteiger partial charge in [-0.25, -0.2) is 0 Å². The third kappa shape index (κ3) is 2.91. The van der Waals surface area contributed by atoms with Crippen molar-refractivity contribution < 1.29 is 4.79 Å². The molecule has 0 saturated carbocycles. The Morgan fingerprint density at radius 2 is 2.17 bits per heavy atom. The second-order valence-corrected chi connectivity index (χ2v) is 5.01. The molecule has 1 aliphatic rings. The maximum absolute atomic E-state index is 12.6. The lowest BCUT2D eigenvalue weighted by molar-refractivity contribution is -0.134. The first-order valence-electron chi connectivity index (χ1n) is 6.79. The molecule has 0 bridgehead atoms. The lowest BCUT2D eigenvalue weighted by Gasteiger charge is -2.34. The van der Waals surface area contributed by atoms with Gasteiger partial charge in [0.25, 0.3) is 0 Å². The lowest BCUT2D eigenvalue weighted by Crippen LogP contribution is -2.52. The van der Waals surface area contributed by atoms with Crippen molar-refractivity contribution in [3.63, 3.8) is 0 Å². The molecule has 2 atom stereocenters. The van der Waals surface area contributed by atoms with E-state index >= 15 is 0 Å². The first-order chi connectivity index (χ1) is 8.72. The minimum absolute atomic E-state index is 0.0106. The molecule has 0 aromatic heterocycles. The zero-order valence-electron chi connectivity index (χ0n) is 11.2. The van der Waals surface area contributed by atoms with Gasteiger partial charge in [0.2, 0.25) is 5.91 Å². The van der Waals surface area contributed by atoms with Gasteiger partial charge in [0.15, 0.2) is 0 Å². The van der Waals surface area contributed by atoms with Crippen molar-refractivity contribution in [2.45, 2.75) is 32.2 Å². The maximum Gasteiger partial charge on any atom is 0.230 e. The largest absolute Gasteiger partial charge is 0.339 e. The van der Waals surface area contributed by atoms with E-state index in [1.165, 1.54) is 0 Å². The predicted octanol–water partition coefficient (Wildman–Crippen LogP) is 2.00. The van der Waals surface area contributed by atoms with Gasteiger partial charge in [-0.3, -0.25) is 4.79 Å². The fourth-order valence-corrected chi connectivity index (χ4v) is 2.59. The number of nitrogens with zero attached hydrogens (tertiary/aromatic N) is 1. The van der Waals surface area contributed by atoms with Crippen molar-refractivity contribution in [3.8, 4) is 0 Å². The van der Waals surface area contributed by atoms with E-state index in [1.54, 1.807) is 0 Å². The second kappa shape index (κ2) is 6.01. The normalized spacial score (nSPS) is 21.7. The molecule has 3 heteroatoms. The molecule has 1 amide bonds. The Balaban J connectivity index is 2.10. The van der Waals surface area contributed by atoms with Crippen molar-refractivity contribution >= 4 is 5.91 Å². The van der Waals surface area contributed by atoms with Crippen LogP contribution in [0.2, 0.25) is 0 Å². The number of carbonyl (C=O) groups is 1. The average Bonchev–Trinajstić information content (AvgIpc) is 2.41. The summed E-state index contributed by atoms with van der Waals surface area (Å²) < 4.78 is 0. The van der Waals surface area contributed by atoms with Crippen molar-refractivity contribution in [1.29, 1.82) is 0 Å². The summed E-state index contributed by atoms with van der Waals surface area (Å²) in [6.45, 7) is 6.76. The Morgan fingerprint density at radius 3 is 2.78 bits per heavy atom. The molecule has 18 heavy (non-hydrogen) atoms. The topological polar surface area (TPSA) is 32.3 Å². The van der Waals surface area contributed by atoms with Crippen LogP contribution in [0.1, 0.15) is 31.7 Å². The van der Waals surface area contributed by atoms with Crippen LogP contribution in [-0.4, -0.2) is 36.5 Å². The van der Waals surface area contributed by atoms with Gasteiger partial charge in [-0.15, -0.1) is 0 Å². The molecule has 0 unspecified atom stereocenters. The molecule has 2 rings (SSSR count). The van der Waals surface area contributed by atoms with E-state index in [-0.39, 0.29) is 11.8 Å². The number of amides is 1. The van der Waals surface area contributed by atoms with E-state index in [0.717, 1.165) is 31.6 Å². The molecule has 0 spiro atoms. The molecule has 98 valence electrons. The van der Waals surface area contributed by atoms with E-state index in [1.807, 2.05) is 23.1 Å². The van der Waals surface area contributed by atoms with Gasteiger partial charge in [0, 0.05) is 25.7 Å². The van der Waals surface area contributed by atoms with E-state index < -0.39 is 0 Å². The summed E-state index contributed by atoms with van der Waals surface area (Å²) >= 11 is 0. The fraction of sp³-hybridized carbons (Fsp3) is 0.533. The quantitative estimate of drug-likeness (QED) is 0.884. The maximum atomic E-state index is 12.6. The summed E-state index contributed by atoms with van der Waals surface area (Å²) in [5, 5.41) is 3.37. The van der Waals surface area contributed by atoms with Crippen LogP contribution in [0.5, 0.6) is 0 Å². The van der Waals surface area contributed by atoms with Crippen LogP contribution >= 0.6 is 0 Å². The molecule has 1 fully saturated rings. The number of rotatable bonds is 3. The zero-order valence-corrected chi connectivity index (χ0v) is 11.2. The van der Waals surface area contributed by atoms with Crippen LogP contribution in [0.25, 0.3) is 0 Å². The number of piperazine rings is 1. The lowest BCUT2D eigenvalue weighted by atomic mass is 9.94. The van der Waals surface area contributed by atoms with Gasteiger partial charge in [0.1, 0.15) is 0 Å². The van der Waals surface area contributed by atoms with E-state index in [0.29, 0.717) is 6.04 Å². The number of benzene rings is 1. The molecular weight excluding hydrogens is 224 g/mol. The van der Waals surface area contributed by atoms with Crippen LogP contribution in [-0.2, 0) is 4.79 Å². The highest BCUT2D eigenvalue weighted by Gasteiger charge is 2.27. The molecule has 1 heterocycles. The number of nitrogens with one attached hydrogen (secondary N) is 1. The van der Waals surface area contributed by atoms with Crippen LogP contribution in [0, 0.1) is 0 Å². The number of carbonyl (C=O) groups excluding carboxylic acids is 1. The highest BCUT2D eigenvalue weighted by atomic mass is 16.2. The molecular formula is C15H22N2O. The summed E-state index contributed by atoms with van der Waals surface area (Å²) in [4.78, 5) is 14.6. The Bertz CT molecular complexity index is 391. The summed E-state index contributed by atoms with van der Waals surface area (Å²) in [5.41, 5.74) is 1.14. The van der Waals surface area contributed by atoms with E-state index in [9.17, 15) is 4.79 Å². The van der Waals surface area contributed by atoms with Crippen molar-refractivity contribution in [3.05, 3.63) is 35.9 Å². The predicted molar refractivity (Wildman–Crippen MR) is 73.5 cm³/mol. The molecule has 1 aromatic rings. The van der Waals surface area contributed by atoms with Gasteiger partial charge in [-0.1, -0.05) is 37.3 Å². The Labute approximate surface area is 109 Å². The van der Waals surface area contributed by atoms with Crippen molar-refractivity contribution in [2.75, 3.05) is 19.6 Å². The molecule has 3 nitrogen and oxygen atoms in total. The summed E-state index contributed by atoms with van der Waals surface area (Å²) in [7, 11) is 0. The van der Waals surface area contributed by atoms with Crippen molar-refractivity contribution in [1.82, 2.24) is 10.2 Å². The summed E-state index contributed by atoms with van der Waals surface area (Å²) in [6.07, 6.45) is 0.862. The third-order valence-corrected chi connectivity index (χ3v) is 3.59. The minimum Gasteiger partial charge on any atom is -0.339 e. The minimum atomic E-state index is 0.0106. The molecule has 1 N–H and O–H groups in total. The Hall–Kier alpha value is -1.35. The SMILES string of the molecule is CC[C@H](C(=O)N1CCN[C@H](C)C1)c1ccccc1. The molecule has 0 radical (unpaired) electrons. The van der Waals surface area contributed by atoms with Crippen LogP contribution < -0.4 is 5.32 Å². The standard InChI is InChI=1S/C15H22N2O/c1-3-14(13-7-5-4-6-8-13)15(18)17-10-9-16-12(2)11-17/h4-8,12,14,16H,3,9-11H2,1-2H3/t12-,14+/m1/s1. The summed E-state index contributed by atoms with van der Waals surface area (Å²) in [5.74, 6) is 0.286. The number of hydrogen-bond acceptors (Lipinski definition) is 2. The Kier molecular flexibility index (Phi) is 4.37. The summed E-state index contributed by atoms with van der Waals surface area (Å²) in [6, 6.07) is 10.5. The van der Waals surface area contributed by atoms with Gasteiger partial charge < -0.3 is 10.2 Å². The van der Waals surface area contributed by atoms with Crippen LogP contribution in [0.3, 0.4) is 0 Å². The Morgan fingerprint density at radius 1 is 1.44 bits per heavy atom. The number of hydrogen-bond donors (Lipinski definition) is 1. The van der Waals surface area contributed by atoms with Gasteiger partial charge in [0.05, 0.1) is 5.92 Å². The smallest absolute Gasteiger partial charge is 0.230 e. The van der Waals surface area contributed by atoms with Crippen LogP contribution in [0.15, 0.2) is 30.3 Å². The molecule has 1 aromatic carbocycles. The van der Waals surface area contributed by atoms with E-state index in [2.05, 4.69) is 31.3 Å². The molecule has 1 aliphatic heterocycles. The van der Waals surface area contributed by atoms with Gasteiger partial charge >= 0.3 is 0 Å². The molecule has 0 aliphatic carbocycles. The highest BCUT2D eigenvalue weighted by Crippen LogP contribution is 2.22. The van der Waals surface area contributed by atoms with E-state index in [4.69, 9.17) is 0 Å². The zero-order chi connectivity index (χ0) is 13.0. The van der Waals surface area contributed by atoms with Gasteiger partial charge in [-0.05, 0) is 18.9 Å². The second-order valence-electron chi connectivity index (χ2n) is 5.01. The van der Waals surface area contributed by atoms with Crippen molar-refractivity contribution in [2.24, 2.45) is 0 Å². The molecule has 1 saturated heterocycles. The van der Waals surface area contributed by atoms with Crippen LogP contribution in [0.4, 0.5) is 0 Å². The average molecular weight is 246 g/mol. The van der Waals surface area contributed by atoms with Gasteiger partial charge in [-0.2, -0.15) is 0 Å². The monoisotopic (exact) mass is 246 g/mol.